The van der Waals surface area contributed by atoms with Crippen molar-refractivity contribution in [3.8, 4) is 0 Å². The first-order valence-electron chi connectivity index (χ1n) is 20.8. The summed E-state index contributed by atoms with van der Waals surface area (Å²) in [7, 11) is 4.35. The number of hydrogen-bond donors (Lipinski definition) is 0. The van der Waals surface area contributed by atoms with Gasteiger partial charge in [0.15, 0.2) is 10.2 Å². The van der Waals surface area contributed by atoms with Gasteiger partial charge in [0.05, 0.1) is 0 Å². The quantitative estimate of drug-likeness (QED) is 0.0475. The predicted octanol–water partition coefficient (Wildman–Crippen LogP) is 14.1. The fourth-order valence-corrected chi connectivity index (χ4v) is 7.70. The summed E-state index contributed by atoms with van der Waals surface area (Å²) in [4.78, 5) is 26.7. The maximum absolute atomic E-state index is 12.2. The SMILES string of the molecule is CCCCCC/C=C\CSC(=O)CCCCCCCC(CCCCCCCC(=O)SC/C=C\CCCCCCC)CCCCCN(C)C. The molecule has 5 heteroatoms. The first-order valence-corrected chi connectivity index (χ1v) is 22.7. The molecule has 0 radical (unpaired) electrons. The summed E-state index contributed by atoms with van der Waals surface area (Å²) in [5.41, 5.74) is 0. The first kappa shape index (κ1) is 47.5. The molecule has 1 atom stereocenters. The van der Waals surface area contributed by atoms with Gasteiger partial charge in [0.2, 0.25) is 0 Å². The van der Waals surface area contributed by atoms with Gasteiger partial charge in [-0.05, 0) is 71.5 Å². The van der Waals surface area contributed by atoms with Gasteiger partial charge in [-0.1, -0.05) is 190 Å². The topological polar surface area (TPSA) is 37.4 Å². The van der Waals surface area contributed by atoms with Crippen LogP contribution in [0.15, 0.2) is 24.3 Å². The van der Waals surface area contributed by atoms with E-state index >= 15 is 0 Å². The summed E-state index contributed by atoms with van der Waals surface area (Å²) in [6.45, 7) is 5.72. The largest absolute Gasteiger partial charge is 0.309 e. The third kappa shape index (κ3) is 38.3. The summed E-state index contributed by atoms with van der Waals surface area (Å²) in [6.07, 6.45) is 45.2. The minimum Gasteiger partial charge on any atom is -0.309 e. The predicted molar refractivity (Wildman–Crippen MR) is 220 cm³/mol. The van der Waals surface area contributed by atoms with Gasteiger partial charge in [0.25, 0.3) is 0 Å². The second kappa shape index (κ2) is 39.3. The van der Waals surface area contributed by atoms with E-state index in [1.165, 1.54) is 178 Å². The van der Waals surface area contributed by atoms with Crippen LogP contribution in [0.3, 0.4) is 0 Å². The highest BCUT2D eigenvalue weighted by atomic mass is 32.2. The van der Waals surface area contributed by atoms with E-state index in [2.05, 4.69) is 57.1 Å². The van der Waals surface area contributed by atoms with Crippen LogP contribution in [0.5, 0.6) is 0 Å². The molecule has 0 heterocycles. The molecule has 0 bridgehead atoms. The maximum atomic E-state index is 12.2. The molecule has 0 saturated heterocycles. The number of hydrogen-bond acceptors (Lipinski definition) is 5. The van der Waals surface area contributed by atoms with Crippen LogP contribution in [0.2, 0.25) is 0 Å². The summed E-state index contributed by atoms with van der Waals surface area (Å²) >= 11 is 3.01. The molecule has 0 aliphatic rings. The highest BCUT2D eigenvalue weighted by Gasteiger charge is 2.10. The minimum atomic E-state index is 0.372. The van der Waals surface area contributed by atoms with Crippen molar-refractivity contribution in [1.29, 1.82) is 0 Å². The van der Waals surface area contributed by atoms with E-state index in [1.54, 1.807) is 0 Å². The zero-order chi connectivity index (χ0) is 35.2. The van der Waals surface area contributed by atoms with E-state index in [0.29, 0.717) is 10.2 Å². The molecule has 1 unspecified atom stereocenters. The van der Waals surface area contributed by atoms with Crippen molar-refractivity contribution in [3.05, 3.63) is 24.3 Å². The van der Waals surface area contributed by atoms with E-state index in [4.69, 9.17) is 0 Å². The van der Waals surface area contributed by atoms with E-state index in [0.717, 1.165) is 55.9 Å². The van der Waals surface area contributed by atoms with Crippen LogP contribution < -0.4 is 0 Å². The number of unbranched alkanes of at least 4 members (excludes halogenated alkanes) is 19. The van der Waals surface area contributed by atoms with Gasteiger partial charge in [-0.25, -0.2) is 0 Å². The molecule has 0 aliphatic heterocycles. The van der Waals surface area contributed by atoms with Crippen molar-refractivity contribution >= 4 is 33.8 Å². The summed E-state index contributed by atoms with van der Waals surface area (Å²) in [6, 6.07) is 0. The Kier molecular flexibility index (Phi) is 38.8. The fourth-order valence-electron chi connectivity index (χ4n) is 6.29. The number of rotatable bonds is 37. The normalized spacial score (nSPS) is 12.6. The van der Waals surface area contributed by atoms with Crippen LogP contribution in [0, 0.1) is 5.92 Å². The molecule has 0 aromatic rings. The van der Waals surface area contributed by atoms with Crippen LogP contribution in [0.25, 0.3) is 0 Å². The Morgan fingerprint density at radius 3 is 1.31 bits per heavy atom. The smallest absolute Gasteiger partial charge is 0.189 e. The molecule has 0 fully saturated rings. The van der Waals surface area contributed by atoms with Gasteiger partial charge < -0.3 is 4.90 Å². The molecule has 0 aromatic carbocycles. The Morgan fingerprint density at radius 1 is 0.479 bits per heavy atom. The first-order chi connectivity index (χ1) is 23.5. The molecule has 0 rings (SSSR count). The molecule has 0 saturated carbocycles. The Hall–Kier alpha value is -0.520. The van der Waals surface area contributed by atoms with Crippen molar-refractivity contribution in [2.24, 2.45) is 5.92 Å². The maximum Gasteiger partial charge on any atom is 0.189 e. The molecule has 0 amide bonds. The summed E-state index contributed by atoms with van der Waals surface area (Å²) in [5.74, 6) is 2.57. The van der Waals surface area contributed by atoms with Crippen LogP contribution in [0.1, 0.15) is 200 Å². The van der Waals surface area contributed by atoms with Gasteiger partial charge in [-0.15, -0.1) is 0 Å². The molecule has 0 aromatic heterocycles. The molecular formula is C43H81NO2S2. The minimum absolute atomic E-state index is 0.372. The van der Waals surface area contributed by atoms with Gasteiger partial charge in [-0.3, -0.25) is 9.59 Å². The number of thioether (sulfide) groups is 2. The summed E-state index contributed by atoms with van der Waals surface area (Å²) < 4.78 is 0. The van der Waals surface area contributed by atoms with Crippen molar-refractivity contribution < 1.29 is 9.59 Å². The third-order valence-electron chi connectivity index (χ3n) is 9.42. The Bertz CT molecular complexity index is 751. The Labute approximate surface area is 309 Å². The molecule has 0 aliphatic carbocycles. The molecule has 0 spiro atoms. The monoisotopic (exact) mass is 708 g/mol. The molecule has 282 valence electrons. The van der Waals surface area contributed by atoms with Crippen molar-refractivity contribution in [2.75, 3.05) is 32.1 Å². The van der Waals surface area contributed by atoms with Crippen LogP contribution in [-0.4, -0.2) is 47.3 Å². The lowest BCUT2D eigenvalue weighted by molar-refractivity contribution is -0.111. The van der Waals surface area contributed by atoms with E-state index < -0.39 is 0 Å². The Morgan fingerprint density at radius 2 is 0.854 bits per heavy atom. The fraction of sp³-hybridized carbons (Fsp3) is 0.860. The molecule has 48 heavy (non-hydrogen) atoms. The second-order valence-electron chi connectivity index (χ2n) is 14.5. The van der Waals surface area contributed by atoms with Gasteiger partial charge in [0.1, 0.15) is 0 Å². The second-order valence-corrected chi connectivity index (χ2v) is 16.6. The van der Waals surface area contributed by atoms with E-state index in [-0.39, 0.29) is 0 Å². The van der Waals surface area contributed by atoms with Crippen molar-refractivity contribution in [2.45, 2.75) is 200 Å². The highest BCUT2D eigenvalue weighted by molar-refractivity contribution is 8.14. The van der Waals surface area contributed by atoms with Crippen LogP contribution in [0.4, 0.5) is 0 Å². The lowest BCUT2D eigenvalue weighted by Crippen LogP contribution is -2.12. The van der Waals surface area contributed by atoms with Crippen molar-refractivity contribution in [3.63, 3.8) is 0 Å². The zero-order valence-corrected chi connectivity index (χ0v) is 34.2. The van der Waals surface area contributed by atoms with E-state index in [9.17, 15) is 9.59 Å². The van der Waals surface area contributed by atoms with Crippen LogP contribution >= 0.6 is 23.5 Å². The number of nitrogens with zero attached hydrogens (tertiary/aromatic N) is 1. The van der Waals surface area contributed by atoms with E-state index in [1.807, 2.05) is 0 Å². The Balaban J connectivity index is 3.98. The van der Waals surface area contributed by atoms with Gasteiger partial charge in [0, 0.05) is 24.3 Å². The average Bonchev–Trinajstić information content (AvgIpc) is 3.07. The van der Waals surface area contributed by atoms with Gasteiger partial charge >= 0.3 is 0 Å². The average molecular weight is 708 g/mol. The molecule has 3 nitrogen and oxygen atoms in total. The van der Waals surface area contributed by atoms with Gasteiger partial charge in [-0.2, -0.15) is 0 Å². The molecule has 0 N–H and O–H groups in total. The zero-order valence-electron chi connectivity index (χ0n) is 32.6. The number of carbonyl (C=O) groups excluding carboxylic acids is 2. The lowest BCUT2D eigenvalue weighted by Gasteiger charge is -2.17. The lowest BCUT2D eigenvalue weighted by atomic mass is 9.89. The number of allylic oxidation sites excluding steroid dienone is 2. The summed E-state index contributed by atoms with van der Waals surface area (Å²) in [5, 5.41) is 0.746. The van der Waals surface area contributed by atoms with Crippen molar-refractivity contribution in [1.82, 2.24) is 4.90 Å². The van der Waals surface area contributed by atoms with Crippen LogP contribution in [-0.2, 0) is 9.59 Å². The number of carbonyl (C=O) groups is 2. The molecular weight excluding hydrogens is 627 g/mol. The highest BCUT2D eigenvalue weighted by Crippen LogP contribution is 2.25. The third-order valence-corrected chi connectivity index (χ3v) is 11.2. The standard InChI is InChI=1S/C43H81NO2S2/c1-5-7-9-11-13-15-23-32-40-48-43(46)37-29-21-17-19-26-34-41(35-27-24-30-38-44(3)4)33-25-18-16-20-28-36-42(45)47-39-31-22-14-12-10-8-6-2/h22-23,31-32,41H,5-21,24-30,33-40H2,1-4H3/b31-22-,32-23-.